The van der Waals surface area contributed by atoms with Crippen LogP contribution in [0.5, 0.6) is 5.75 Å². The van der Waals surface area contributed by atoms with Gasteiger partial charge >= 0.3 is 10.1 Å². The van der Waals surface area contributed by atoms with E-state index in [4.69, 9.17) is 20.5 Å². The van der Waals surface area contributed by atoms with Crippen molar-refractivity contribution in [2.75, 3.05) is 25.6 Å². The van der Waals surface area contributed by atoms with Gasteiger partial charge in [-0.05, 0) is 53.9 Å². The lowest BCUT2D eigenvalue weighted by molar-refractivity contribution is -0.114. The molecule has 0 aliphatic rings. The Hall–Kier alpha value is -2.92. The Kier molecular flexibility index (Phi) is 8.67. The molecule has 3 rings (SSSR count). The minimum absolute atomic E-state index is 0.0525. The van der Waals surface area contributed by atoms with E-state index in [-0.39, 0.29) is 35.5 Å². The first-order valence-electron chi connectivity index (χ1n) is 10.1. The summed E-state index contributed by atoms with van der Waals surface area (Å²) < 4.78 is 36.4. The van der Waals surface area contributed by atoms with Gasteiger partial charge in [0.1, 0.15) is 10.6 Å². The zero-order valence-electron chi connectivity index (χ0n) is 18.5. The smallest absolute Gasteiger partial charge is 0.339 e. The monoisotopic (exact) mass is 522 g/mol. The minimum atomic E-state index is -4.19. The van der Waals surface area contributed by atoms with Crippen LogP contribution < -0.4 is 9.50 Å². The number of ether oxygens (including phenoxy) is 1. The van der Waals surface area contributed by atoms with Crippen molar-refractivity contribution in [1.82, 2.24) is 4.90 Å². The van der Waals surface area contributed by atoms with Crippen LogP contribution in [0.15, 0.2) is 64.9 Å². The second-order valence-electron chi connectivity index (χ2n) is 7.19. The van der Waals surface area contributed by atoms with Gasteiger partial charge in [0, 0.05) is 43.4 Å². The molecule has 0 aliphatic heterocycles. The highest BCUT2D eigenvalue weighted by Crippen LogP contribution is 2.28. The van der Waals surface area contributed by atoms with E-state index in [2.05, 4.69) is 5.32 Å². The maximum atomic E-state index is 13.0. The number of anilines is 1. The van der Waals surface area contributed by atoms with E-state index < -0.39 is 10.1 Å². The summed E-state index contributed by atoms with van der Waals surface area (Å²) in [4.78, 5) is 26.2. The summed E-state index contributed by atoms with van der Waals surface area (Å²) >= 11 is 7.48. The average Bonchev–Trinajstić information content (AvgIpc) is 3.33. The van der Waals surface area contributed by atoms with Crippen molar-refractivity contribution in [1.29, 1.82) is 0 Å². The zero-order valence-corrected chi connectivity index (χ0v) is 20.9. The lowest BCUT2D eigenvalue weighted by Gasteiger charge is -2.23. The number of nitrogens with one attached hydrogen (secondary N) is 1. The van der Waals surface area contributed by atoms with Gasteiger partial charge in [-0.3, -0.25) is 9.59 Å². The molecule has 34 heavy (non-hydrogen) atoms. The molecular formula is C23H23ClN2O6S2. The SMILES string of the molecule is COCCN(Cc1cc(Cl)ccc1OS(=O)(=O)c1ccc(NC(C)=O)cc1)C(=O)c1cccs1. The van der Waals surface area contributed by atoms with E-state index in [1.54, 1.807) is 28.5 Å². The van der Waals surface area contributed by atoms with Crippen LogP contribution >= 0.6 is 22.9 Å². The molecule has 0 fully saturated rings. The van der Waals surface area contributed by atoms with Gasteiger partial charge in [-0.2, -0.15) is 8.42 Å². The Morgan fingerprint density at radius 3 is 2.47 bits per heavy atom. The Balaban J connectivity index is 1.87. The van der Waals surface area contributed by atoms with Gasteiger partial charge in [-0.15, -0.1) is 11.3 Å². The van der Waals surface area contributed by atoms with Gasteiger partial charge < -0.3 is 19.1 Å². The Bertz CT molecular complexity index is 1240. The standard InChI is InChI=1S/C23H23ClN2O6S2/c1-16(27)25-19-6-8-20(9-7-19)34(29,30)32-21-10-5-18(24)14-17(21)15-26(11-12-31-2)23(28)22-4-3-13-33-22/h3-10,13-14H,11-12,15H2,1-2H3,(H,25,27). The van der Waals surface area contributed by atoms with Crippen LogP contribution in [0.3, 0.4) is 0 Å². The second-order valence-corrected chi connectivity index (χ2v) is 10.1. The van der Waals surface area contributed by atoms with Crippen molar-refractivity contribution < 1.29 is 26.9 Å². The topological polar surface area (TPSA) is 102 Å². The summed E-state index contributed by atoms with van der Waals surface area (Å²) in [6.45, 7) is 2.01. The highest BCUT2D eigenvalue weighted by atomic mass is 35.5. The normalized spacial score (nSPS) is 11.1. The zero-order chi connectivity index (χ0) is 24.7. The molecule has 1 N–H and O–H groups in total. The van der Waals surface area contributed by atoms with E-state index in [9.17, 15) is 18.0 Å². The molecule has 0 radical (unpaired) electrons. The third-order valence-corrected chi connectivity index (χ3v) is 6.97. The van der Waals surface area contributed by atoms with Crippen LogP contribution in [0.1, 0.15) is 22.2 Å². The van der Waals surface area contributed by atoms with Crippen LogP contribution in [0.2, 0.25) is 5.02 Å². The molecule has 0 saturated heterocycles. The van der Waals surface area contributed by atoms with Crippen LogP contribution in [-0.2, 0) is 26.2 Å². The Morgan fingerprint density at radius 2 is 1.85 bits per heavy atom. The van der Waals surface area contributed by atoms with Crippen LogP contribution in [-0.4, -0.2) is 45.4 Å². The van der Waals surface area contributed by atoms with E-state index in [1.807, 2.05) is 0 Å². The van der Waals surface area contributed by atoms with Crippen molar-refractivity contribution in [3.05, 3.63) is 75.4 Å². The quantitative estimate of drug-likeness (QED) is 0.395. The van der Waals surface area contributed by atoms with Crippen molar-refractivity contribution in [3.8, 4) is 5.75 Å². The molecule has 1 aromatic heterocycles. The number of amides is 2. The summed E-state index contributed by atoms with van der Waals surface area (Å²) in [5, 5.41) is 4.75. The molecule has 1 heterocycles. The van der Waals surface area contributed by atoms with E-state index in [0.717, 1.165) is 0 Å². The molecule has 2 aromatic carbocycles. The van der Waals surface area contributed by atoms with Gasteiger partial charge in [0.15, 0.2) is 0 Å². The third kappa shape index (κ3) is 6.80. The van der Waals surface area contributed by atoms with Crippen molar-refractivity contribution >= 4 is 50.6 Å². The van der Waals surface area contributed by atoms with E-state index in [0.29, 0.717) is 27.8 Å². The summed E-state index contributed by atoms with van der Waals surface area (Å²) in [6, 6.07) is 13.6. The molecule has 8 nitrogen and oxygen atoms in total. The number of hydrogen-bond donors (Lipinski definition) is 1. The molecule has 0 spiro atoms. The van der Waals surface area contributed by atoms with E-state index >= 15 is 0 Å². The lowest BCUT2D eigenvalue weighted by atomic mass is 10.2. The second kappa shape index (κ2) is 11.5. The molecule has 180 valence electrons. The van der Waals surface area contributed by atoms with Crippen LogP contribution in [0.4, 0.5) is 5.69 Å². The molecule has 0 saturated carbocycles. The fourth-order valence-corrected chi connectivity index (χ4v) is 4.89. The van der Waals surface area contributed by atoms with Crippen LogP contribution in [0.25, 0.3) is 0 Å². The number of halogens is 1. The summed E-state index contributed by atoms with van der Waals surface area (Å²) in [7, 11) is -2.66. The number of carbonyl (C=O) groups excluding carboxylic acids is 2. The molecule has 0 aliphatic carbocycles. The van der Waals surface area contributed by atoms with Crippen molar-refractivity contribution in [2.45, 2.75) is 18.4 Å². The van der Waals surface area contributed by atoms with Crippen molar-refractivity contribution in [3.63, 3.8) is 0 Å². The first kappa shape index (κ1) is 25.7. The number of hydrogen-bond acceptors (Lipinski definition) is 7. The maximum Gasteiger partial charge on any atom is 0.339 e. The van der Waals surface area contributed by atoms with Gasteiger partial charge in [0.05, 0.1) is 11.5 Å². The summed E-state index contributed by atoms with van der Waals surface area (Å²) in [5.74, 6) is -0.432. The highest BCUT2D eigenvalue weighted by Gasteiger charge is 2.22. The van der Waals surface area contributed by atoms with Gasteiger partial charge in [-0.25, -0.2) is 0 Å². The summed E-state index contributed by atoms with van der Waals surface area (Å²) in [5.41, 5.74) is 0.881. The minimum Gasteiger partial charge on any atom is -0.383 e. The number of carbonyl (C=O) groups is 2. The number of benzene rings is 2. The predicted molar refractivity (Wildman–Crippen MR) is 131 cm³/mol. The van der Waals surface area contributed by atoms with Crippen molar-refractivity contribution in [2.24, 2.45) is 0 Å². The number of nitrogens with zero attached hydrogens (tertiary/aromatic N) is 1. The Morgan fingerprint density at radius 1 is 1.12 bits per heavy atom. The Labute approximate surface area is 207 Å². The number of thiophene rings is 1. The van der Waals surface area contributed by atoms with Gasteiger partial charge in [-0.1, -0.05) is 17.7 Å². The fraction of sp³-hybridized carbons (Fsp3) is 0.217. The molecular weight excluding hydrogens is 500 g/mol. The molecule has 0 unspecified atom stereocenters. The number of rotatable bonds is 10. The van der Waals surface area contributed by atoms with E-state index in [1.165, 1.54) is 61.8 Å². The largest absolute Gasteiger partial charge is 0.383 e. The third-order valence-electron chi connectivity index (χ3n) is 4.63. The van der Waals surface area contributed by atoms with Gasteiger partial charge in [0.2, 0.25) is 5.91 Å². The molecule has 0 bridgehead atoms. The average molecular weight is 523 g/mol. The highest BCUT2D eigenvalue weighted by molar-refractivity contribution is 7.87. The summed E-state index contributed by atoms with van der Waals surface area (Å²) in [6.07, 6.45) is 0. The van der Waals surface area contributed by atoms with Gasteiger partial charge in [0.25, 0.3) is 5.91 Å². The molecule has 11 heteroatoms. The fourth-order valence-electron chi connectivity index (χ4n) is 3.04. The van der Waals surface area contributed by atoms with Crippen LogP contribution in [0, 0.1) is 0 Å². The predicted octanol–water partition coefficient (Wildman–Crippen LogP) is 4.42. The molecule has 3 aromatic rings. The number of methoxy groups -OCH3 is 1. The first-order valence-corrected chi connectivity index (χ1v) is 12.8. The lowest BCUT2D eigenvalue weighted by Crippen LogP contribution is -2.33. The maximum absolute atomic E-state index is 13.0. The first-order chi connectivity index (χ1) is 16.2. The molecule has 0 atom stereocenters. The molecule has 2 amide bonds.